The molecule has 1 amide bonds. The minimum atomic E-state index is -2.19. The number of nitrogens with two attached hydrogens (primary N) is 1. The highest BCUT2D eigenvalue weighted by molar-refractivity contribution is 6.25. The van der Waals surface area contributed by atoms with Gasteiger partial charge >= 0.3 is 17.9 Å². The molecule has 2 heterocycles. The molecule has 1 fully saturated rings. The molecule has 2 aliphatic rings. The summed E-state index contributed by atoms with van der Waals surface area (Å²) in [6.45, 7) is 2.47. The van der Waals surface area contributed by atoms with Gasteiger partial charge < -0.3 is 29.8 Å². The van der Waals surface area contributed by atoms with Crippen LogP contribution >= 0.6 is 0 Å². The van der Waals surface area contributed by atoms with E-state index in [2.05, 4.69) is 9.98 Å². The highest BCUT2D eigenvalue weighted by atomic mass is 16.7. The largest absolute Gasteiger partial charge is 0.788 e. The Morgan fingerprint density at radius 2 is 1.85 bits per heavy atom. The number of ether oxygens (including phenoxy) is 4. The Balaban J connectivity index is 2.50. The van der Waals surface area contributed by atoms with Crippen LogP contribution in [-0.2, 0) is 38.1 Å². The second-order valence-corrected chi connectivity index (χ2v) is 5.74. The molecule has 0 aliphatic carbocycles. The fourth-order valence-electron chi connectivity index (χ4n) is 2.66. The van der Waals surface area contributed by atoms with E-state index < -0.39 is 60.2 Å². The molecule has 0 aromatic carbocycles. The topological polar surface area (TPSA) is 179 Å². The molecule has 0 bridgehead atoms. The van der Waals surface area contributed by atoms with Crippen LogP contribution in [0.3, 0.4) is 0 Å². The van der Waals surface area contributed by atoms with Gasteiger partial charge in [-0.15, -0.1) is 0 Å². The first-order valence-corrected chi connectivity index (χ1v) is 7.69. The van der Waals surface area contributed by atoms with Crippen LogP contribution in [0.25, 0.3) is 0 Å². The minimum Gasteiger partial charge on any atom is -0.788 e. The third-order valence-corrected chi connectivity index (χ3v) is 3.68. The minimum absolute atomic E-state index is 0.214. The third-order valence-electron chi connectivity index (χ3n) is 3.68. The average molecular weight is 383 g/mol. The summed E-state index contributed by atoms with van der Waals surface area (Å²) in [5.74, 6) is -4.26. The molecule has 146 valence electrons. The van der Waals surface area contributed by atoms with Crippen molar-refractivity contribution in [2.24, 2.45) is 15.7 Å². The van der Waals surface area contributed by atoms with Crippen LogP contribution in [0, 0.1) is 6.17 Å². The first-order chi connectivity index (χ1) is 12.6. The summed E-state index contributed by atoms with van der Waals surface area (Å²) >= 11 is 0. The number of nitrogens with zero attached hydrogens (tertiary/aromatic N) is 2. The van der Waals surface area contributed by atoms with Crippen LogP contribution in [-0.4, -0.2) is 66.4 Å². The molecule has 0 aromatic heterocycles. The van der Waals surface area contributed by atoms with Gasteiger partial charge in [0.15, 0.2) is 24.3 Å². The average Bonchev–Trinajstić information content (AvgIpc) is 3.08. The fourth-order valence-corrected chi connectivity index (χ4v) is 2.66. The van der Waals surface area contributed by atoms with E-state index in [9.17, 15) is 24.3 Å². The van der Waals surface area contributed by atoms with Gasteiger partial charge in [0.2, 0.25) is 11.7 Å². The highest BCUT2D eigenvalue weighted by Crippen LogP contribution is 2.41. The van der Waals surface area contributed by atoms with Crippen LogP contribution in [0.5, 0.6) is 0 Å². The molecule has 0 unspecified atom stereocenters. The lowest BCUT2D eigenvalue weighted by Gasteiger charge is -2.30. The van der Waals surface area contributed by atoms with E-state index in [0.29, 0.717) is 0 Å². The van der Waals surface area contributed by atoms with Crippen molar-refractivity contribution in [2.75, 3.05) is 6.61 Å². The molecule has 0 aromatic rings. The Morgan fingerprint density at radius 3 is 2.30 bits per heavy atom. The lowest BCUT2D eigenvalue weighted by atomic mass is 9.93. The van der Waals surface area contributed by atoms with E-state index in [0.717, 1.165) is 27.0 Å². The summed E-state index contributed by atoms with van der Waals surface area (Å²) in [6.07, 6.45) is -3.69. The smallest absolute Gasteiger partial charge is 0.303 e. The third kappa shape index (κ3) is 4.16. The molecule has 27 heavy (non-hydrogen) atoms. The number of hydrogen-bond donors (Lipinski definition) is 1. The Hall–Kier alpha value is -3.15. The lowest BCUT2D eigenvalue weighted by molar-refractivity contribution is -0.208. The van der Waals surface area contributed by atoms with E-state index in [1.54, 1.807) is 0 Å². The zero-order chi connectivity index (χ0) is 20.4. The van der Waals surface area contributed by atoms with Gasteiger partial charge in [0.05, 0.1) is 0 Å². The number of esters is 3. The van der Waals surface area contributed by atoms with Crippen LogP contribution in [0.15, 0.2) is 9.98 Å². The quantitative estimate of drug-likeness (QED) is 0.291. The number of aliphatic imine (C=N–C) groups is 2. The molecular formula is C15H17N3O9. The molecule has 0 spiro atoms. The van der Waals surface area contributed by atoms with Gasteiger partial charge in [-0.3, -0.25) is 19.2 Å². The summed E-state index contributed by atoms with van der Waals surface area (Å²) < 4.78 is 20.7. The van der Waals surface area contributed by atoms with Crippen LogP contribution in [0.4, 0.5) is 0 Å². The van der Waals surface area contributed by atoms with Gasteiger partial charge in [0, 0.05) is 20.8 Å². The van der Waals surface area contributed by atoms with Crippen molar-refractivity contribution in [1.82, 2.24) is 0 Å². The van der Waals surface area contributed by atoms with Crippen molar-refractivity contribution in [3.8, 4) is 0 Å². The fraction of sp³-hybridized carbons (Fsp3) is 0.533. The summed E-state index contributed by atoms with van der Waals surface area (Å²) in [5, 5.41) is 11.4. The van der Waals surface area contributed by atoms with Crippen molar-refractivity contribution in [3.63, 3.8) is 0 Å². The number of primary amides is 1. The van der Waals surface area contributed by atoms with E-state index in [-0.39, 0.29) is 6.17 Å². The Kier molecular flexibility index (Phi) is 5.69. The number of rotatable bonds is 6. The molecule has 1 saturated heterocycles. The maximum atomic E-state index is 12.2. The lowest BCUT2D eigenvalue weighted by Crippen LogP contribution is -2.58. The number of amides is 1. The Morgan fingerprint density at radius 1 is 1.22 bits per heavy atom. The SMILES string of the molecule is CC(=O)OC[C@@]1(C(N)=O)O[C@@H]([C+]2N=CC([O-])=N2)[C@H](OC(C)=O)[C@@H]1OC(C)=O. The van der Waals surface area contributed by atoms with E-state index in [1.165, 1.54) is 0 Å². The van der Waals surface area contributed by atoms with Crippen LogP contribution < -0.4 is 10.8 Å². The van der Waals surface area contributed by atoms with Gasteiger partial charge in [-0.1, -0.05) is 9.98 Å². The summed E-state index contributed by atoms with van der Waals surface area (Å²) in [7, 11) is 0. The molecule has 4 atom stereocenters. The zero-order valence-electron chi connectivity index (χ0n) is 14.7. The molecule has 2 N–H and O–H groups in total. The predicted octanol–water partition coefficient (Wildman–Crippen LogP) is -2.63. The monoisotopic (exact) mass is 383 g/mol. The van der Waals surface area contributed by atoms with Gasteiger partial charge in [0.25, 0.3) is 12.1 Å². The summed E-state index contributed by atoms with van der Waals surface area (Å²) in [4.78, 5) is 53.9. The number of hydrogen-bond acceptors (Lipinski definition) is 11. The maximum Gasteiger partial charge on any atom is 0.303 e. The van der Waals surface area contributed by atoms with Gasteiger partial charge in [-0.25, -0.2) is 0 Å². The summed E-state index contributed by atoms with van der Waals surface area (Å²) in [5.41, 5.74) is 3.25. The molecule has 2 aliphatic heterocycles. The number of carbonyl (C=O) groups excluding carboxylic acids is 4. The van der Waals surface area contributed by atoms with Crippen molar-refractivity contribution in [3.05, 3.63) is 6.17 Å². The van der Waals surface area contributed by atoms with Gasteiger partial charge in [-0.05, 0) is 0 Å². The first-order valence-electron chi connectivity index (χ1n) is 7.69. The molecule has 0 saturated carbocycles. The van der Waals surface area contributed by atoms with Crippen molar-refractivity contribution in [2.45, 2.75) is 44.7 Å². The molecule has 12 nitrogen and oxygen atoms in total. The molecular weight excluding hydrogens is 366 g/mol. The molecule has 2 rings (SSSR count). The highest BCUT2D eigenvalue weighted by Gasteiger charge is 2.67. The molecule has 12 heteroatoms. The number of carbonyl (C=O) groups is 4. The van der Waals surface area contributed by atoms with E-state index in [4.69, 9.17) is 24.7 Å². The van der Waals surface area contributed by atoms with Crippen molar-refractivity contribution < 1.29 is 43.2 Å². The second kappa shape index (κ2) is 7.61. The standard InChI is InChI=1S/C15H17N3O9/c1-6(19)24-5-15(14(16)23)12(26-8(3)21)10(25-7(2)20)11(27-15)13-17-4-9(22)18-13/h4,10-12H,5H2,1-3H3,(H2-,16,18,22,23)/t10-,11+,12-,15+/m0/s1. The van der Waals surface area contributed by atoms with Crippen molar-refractivity contribution >= 4 is 35.9 Å². The maximum absolute atomic E-state index is 12.2. The Bertz CT molecular complexity index is 719. The van der Waals surface area contributed by atoms with E-state index in [1.807, 2.05) is 0 Å². The summed E-state index contributed by atoms with van der Waals surface area (Å²) in [6, 6.07) is 0. The normalized spacial score (nSPS) is 29.2. The predicted molar refractivity (Wildman–Crippen MR) is 83.7 cm³/mol. The zero-order valence-corrected chi connectivity index (χ0v) is 14.7. The van der Waals surface area contributed by atoms with Crippen LogP contribution in [0.1, 0.15) is 20.8 Å². The second-order valence-electron chi connectivity index (χ2n) is 5.74. The van der Waals surface area contributed by atoms with Crippen molar-refractivity contribution in [1.29, 1.82) is 0 Å². The van der Waals surface area contributed by atoms with Gasteiger partial charge in [0.1, 0.15) is 6.61 Å². The van der Waals surface area contributed by atoms with Crippen LogP contribution in [0.2, 0.25) is 0 Å². The Labute approximate surface area is 153 Å². The first kappa shape index (κ1) is 20.2. The molecule has 0 radical (unpaired) electrons. The van der Waals surface area contributed by atoms with Gasteiger partial charge in [-0.2, -0.15) is 0 Å². The van der Waals surface area contributed by atoms with E-state index >= 15 is 0 Å².